The van der Waals surface area contributed by atoms with Crippen LogP contribution in [0.15, 0.2) is 47.6 Å². The summed E-state index contributed by atoms with van der Waals surface area (Å²) in [4.78, 5) is 12.1. The lowest BCUT2D eigenvalue weighted by molar-refractivity contribution is 0.102. The predicted molar refractivity (Wildman–Crippen MR) is 91.1 cm³/mol. The first-order chi connectivity index (χ1) is 10.0. The van der Waals surface area contributed by atoms with Crippen LogP contribution in [0.5, 0.6) is 0 Å². The van der Waals surface area contributed by atoms with Gasteiger partial charge >= 0.3 is 0 Å². The summed E-state index contributed by atoms with van der Waals surface area (Å²) in [6, 6.07) is 11.9. The molecule has 5 nitrogen and oxygen atoms in total. The fraction of sp³-hybridized carbons (Fsp3) is 0. The number of nitrogens with one attached hydrogen (secondary N) is 1. The second-order valence-corrected chi connectivity index (χ2v) is 5.80. The highest BCUT2D eigenvalue weighted by Crippen LogP contribution is 2.23. The van der Waals surface area contributed by atoms with Crippen molar-refractivity contribution in [3.05, 3.63) is 62.2 Å². The van der Waals surface area contributed by atoms with Crippen LogP contribution in [0, 0.1) is 3.57 Å². The molecule has 2 aromatic rings. The summed E-state index contributed by atoms with van der Waals surface area (Å²) in [6.45, 7) is 0. The molecule has 0 heterocycles. The fourth-order valence-corrected chi connectivity index (χ4v) is 2.43. The van der Waals surface area contributed by atoms with E-state index in [2.05, 4.69) is 33.1 Å². The number of nitrogens with zero attached hydrogens (tertiary/aromatic N) is 1. The number of anilines is 1. The second kappa shape index (κ2) is 6.77. The van der Waals surface area contributed by atoms with Crippen molar-refractivity contribution < 1.29 is 10.0 Å². The molecule has 108 valence electrons. The molecule has 2 aromatic carbocycles. The lowest BCUT2D eigenvalue weighted by atomic mass is 10.1. The molecule has 0 atom stereocenters. The first-order valence-electron chi connectivity index (χ1n) is 5.85. The Kier molecular flexibility index (Phi) is 5.03. The smallest absolute Gasteiger partial charge is 0.255 e. The molecule has 0 aliphatic heterocycles. The van der Waals surface area contributed by atoms with Crippen LogP contribution >= 0.6 is 34.2 Å². The van der Waals surface area contributed by atoms with Gasteiger partial charge in [0.15, 0.2) is 5.84 Å². The van der Waals surface area contributed by atoms with E-state index in [0.717, 1.165) is 3.57 Å². The molecule has 1 amide bonds. The molecule has 0 aromatic heterocycles. The normalized spacial score (nSPS) is 11.2. The average molecular weight is 416 g/mol. The van der Waals surface area contributed by atoms with E-state index in [1.54, 1.807) is 30.3 Å². The number of nitrogens with two attached hydrogens (primary N) is 1. The molecule has 0 unspecified atom stereocenters. The molecule has 0 saturated heterocycles. The van der Waals surface area contributed by atoms with Crippen LogP contribution in [-0.2, 0) is 0 Å². The van der Waals surface area contributed by atoms with Gasteiger partial charge in [0, 0.05) is 14.7 Å². The van der Waals surface area contributed by atoms with Gasteiger partial charge in [0.05, 0.1) is 10.7 Å². The third-order valence-electron chi connectivity index (χ3n) is 2.71. The number of oxime groups is 1. The molecule has 0 saturated carbocycles. The van der Waals surface area contributed by atoms with Crippen LogP contribution in [0.2, 0.25) is 5.02 Å². The van der Waals surface area contributed by atoms with Gasteiger partial charge in [-0.3, -0.25) is 4.79 Å². The minimum atomic E-state index is -0.257. The molecule has 0 aliphatic carbocycles. The van der Waals surface area contributed by atoms with E-state index >= 15 is 0 Å². The first kappa shape index (κ1) is 15.6. The van der Waals surface area contributed by atoms with Crippen LogP contribution < -0.4 is 11.1 Å². The molecule has 21 heavy (non-hydrogen) atoms. The summed E-state index contributed by atoms with van der Waals surface area (Å²) in [5.41, 5.74) is 6.94. The number of carbonyl (C=O) groups is 1. The standard InChI is InChI=1S/C14H11ClIN3O2/c15-11-7-8(13(17)19-21)4-5-12(11)18-14(20)9-2-1-3-10(16)6-9/h1-7,21H,(H2,17,19)(H,18,20). The van der Waals surface area contributed by atoms with Crippen molar-refractivity contribution >= 4 is 51.6 Å². The zero-order valence-corrected chi connectivity index (χ0v) is 13.6. The van der Waals surface area contributed by atoms with Gasteiger partial charge in [0.2, 0.25) is 0 Å². The van der Waals surface area contributed by atoms with Gasteiger partial charge in [-0.1, -0.05) is 22.8 Å². The van der Waals surface area contributed by atoms with Gasteiger partial charge in [-0.15, -0.1) is 0 Å². The van der Waals surface area contributed by atoms with Crippen molar-refractivity contribution in [3.63, 3.8) is 0 Å². The van der Waals surface area contributed by atoms with Gasteiger partial charge in [-0.05, 0) is 59.0 Å². The molecule has 0 spiro atoms. The Morgan fingerprint density at radius 3 is 2.62 bits per heavy atom. The molecular formula is C14H11ClIN3O2. The van der Waals surface area contributed by atoms with Crippen molar-refractivity contribution in [1.82, 2.24) is 0 Å². The highest BCUT2D eigenvalue weighted by atomic mass is 127. The lowest BCUT2D eigenvalue weighted by Crippen LogP contribution is -2.15. The number of hydrogen-bond acceptors (Lipinski definition) is 3. The largest absolute Gasteiger partial charge is 0.409 e. The topological polar surface area (TPSA) is 87.7 Å². The number of halogens is 2. The second-order valence-electron chi connectivity index (χ2n) is 4.14. The Labute approximate surface area is 139 Å². The summed E-state index contributed by atoms with van der Waals surface area (Å²) in [5, 5.41) is 14.5. The number of hydrogen-bond donors (Lipinski definition) is 3. The minimum Gasteiger partial charge on any atom is -0.409 e. The van der Waals surface area contributed by atoms with Gasteiger partial charge in [-0.2, -0.15) is 0 Å². The third-order valence-corrected chi connectivity index (χ3v) is 3.69. The van der Waals surface area contributed by atoms with Crippen LogP contribution in [0.25, 0.3) is 0 Å². The lowest BCUT2D eigenvalue weighted by Gasteiger charge is -2.09. The zero-order chi connectivity index (χ0) is 15.4. The highest BCUT2D eigenvalue weighted by molar-refractivity contribution is 14.1. The van der Waals surface area contributed by atoms with E-state index in [1.807, 2.05) is 6.07 Å². The average Bonchev–Trinajstić information content (AvgIpc) is 2.48. The Hall–Kier alpha value is -1.80. The van der Waals surface area contributed by atoms with Crippen LogP contribution in [0.1, 0.15) is 15.9 Å². The summed E-state index contributed by atoms with van der Waals surface area (Å²) in [7, 11) is 0. The predicted octanol–water partition coefficient (Wildman–Crippen LogP) is 3.29. The molecular weight excluding hydrogens is 405 g/mol. The molecule has 0 radical (unpaired) electrons. The molecule has 0 bridgehead atoms. The van der Waals surface area contributed by atoms with E-state index in [-0.39, 0.29) is 11.7 Å². The Bertz CT molecular complexity index is 719. The van der Waals surface area contributed by atoms with Crippen molar-refractivity contribution in [3.8, 4) is 0 Å². The van der Waals surface area contributed by atoms with Gasteiger partial charge in [0.1, 0.15) is 0 Å². The zero-order valence-electron chi connectivity index (χ0n) is 10.7. The van der Waals surface area contributed by atoms with Crippen molar-refractivity contribution in [2.45, 2.75) is 0 Å². The molecule has 0 aliphatic rings. The number of benzene rings is 2. The van der Waals surface area contributed by atoms with E-state index in [0.29, 0.717) is 21.8 Å². The van der Waals surface area contributed by atoms with Crippen molar-refractivity contribution in [2.75, 3.05) is 5.32 Å². The third kappa shape index (κ3) is 3.85. The fourth-order valence-electron chi connectivity index (χ4n) is 1.66. The maximum Gasteiger partial charge on any atom is 0.255 e. The molecule has 7 heteroatoms. The summed E-state index contributed by atoms with van der Waals surface area (Å²) in [6.07, 6.45) is 0. The van der Waals surface area contributed by atoms with Crippen LogP contribution in [0.4, 0.5) is 5.69 Å². The summed E-state index contributed by atoms with van der Waals surface area (Å²) >= 11 is 8.22. The summed E-state index contributed by atoms with van der Waals surface area (Å²) < 4.78 is 0.966. The van der Waals surface area contributed by atoms with E-state index in [9.17, 15) is 4.79 Å². The van der Waals surface area contributed by atoms with E-state index in [1.165, 1.54) is 6.07 Å². The van der Waals surface area contributed by atoms with E-state index in [4.69, 9.17) is 22.5 Å². The molecule has 2 rings (SSSR count). The number of amides is 1. The molecule has 0 fully saturated rings. The Morgan fingerprint density at radius 1 is 1.24 bits per heavy atom. The maximum atomic E-state index is 12.1. The number of rotatable bonds is 3. The monoisotopic (exact) mass is 415 g/mol. The number of amidine groups is 1. The SMILES string of the molecule is N/C(=N/O)c1ccc(NC(=O)c2cccc(I)c2)c(Cl)c1. The van der Waals surface area contributed by atoms with E-state index < -0.39 is 0 Å². The van der Waals surface area contributed by atoms with Crippen molar-refractivity contribution in [1.29, 1.82) is 0 Å². The Morgan fingerprint density at radius 2 is 2.00 bits per heavy atom. The van der Waals surface area contributed by atoms with Gasteiger partial charge in [0.25, 0.3) is 5.91 Å². The number of carbonyl (C=O) groups excluding carboxylic acids is 1. The van der Waals surface area contributed by atoms with Crippen molar-refractivity contribution in [2.24, 2.45) is 10.9 Å². The quantitative estimate of drug-likeness (QED) is 0.236. The summed E-state index contributed by atoms with van der Waals surface area (Å²) in [5.74, 6) is -0.306. The van der Waals surface area contributed by atoms with Gasteiger partial charge < -0.3 is 16.3 Å². The van der Waals surface area contributed by atoms with Crippen LogP contribution in [0.3, 0.4) is 0 Å². The van der Waals surface area contributed by atoms with Gasteiger partial charge in [-0.25, -0.2) is 0 Å². The Balaban J connectivity index is 2.22. The van der Waals surface area contributed by atoms with Crippen LogP contribution in [-0.4, -0.2) is 17.0 Å². The maximum absolute atomic E-state index is 12.1. The highest BCUT2D eigenvalue weighted by Gasteiger charge is 2.10. The first-order valence-corrected chi connectivity index (χ1v) is 7.31. The minimum absolute atomic E-state index is 0.0487. The molecule has 4 N–H and O–H groups in total.